The molecule has 0 radical (unpaired) electrons. The number of hydrogen-bond donors (Lipinski definition) is 4. The molecule has 3 aliphatic heterocycles. The van der Waals surface area contributed by atoms with E-state index < -0.39 is 133 Å². The lowest BCUT2D eigenvalue weighted by atomic mass is 9.78. The van der Waals surface area contributed by atoms with Gasteiger partial charge in [0.2, 0.25) is 5.79 Å². The minimum atomic E-state index is -4.14. The van der Waals surface area contributed by atoms with E-state index in [-0.39, 0.29) is 74.7 Å². The summed E-state index contributed by atoms with van der Waals surface area (Å²) in [7, 11) is 4.11. The molecule has 2 saturated heterocycles. The molecular weight excluding hydrogens is 943 g/mol. The molecule has 0 aromatic carbocycles. The Bertz CT molecular complexity index is 2260. The Labute approximate surface area is 442 Å². The molecule has 0 aromatic heterocycles. The summed E-state index contributed by atoms with van der Waals surface area (Å²) in [5.74, 6) is -11.9. The second-order valence-corrected chi connectivity index (χ2v) is 20.9. The van der Waals surface area contributed by atoms with E-state index in [1.54, 1.807) is 34.6 Å². The van der Waals surface area contributed by atoms with Gasteiger partial charge in [0.25, 0.3) is 11.7 Å². The number of rotatable bonds is 10. The number of piperidine rings is 1. The van der Waals surface area contributed by atoms with Gasteiger partial charge in [-0.1, -0.05) is 71.1 Å². The van der Waals surface area contributed by atoms with Crippen LogP contribution in [-0.2, 0) is 57.2 Å². The minimum Gasteiger partial charge on any atom is -0.460 e. The Morgan fingerprint density at radius 3 is 2.26 bits per heavy atom. The van der Waals surface area contributed by atoms with Gasteiger partial charge in [-0.2, -0.15) is 0 Å². The van der Waals surface area contributed by atoms with E-state index in [0.717, 1.165) is 10.5 Å². The Morgan fingerprint density at radius 2 is 1.62 bits per heavy atom. The minimum absolute atomic E-state index is 0.0344. The highest BCUT2D eigenvalue weighted by Gasteiger charge is 2.53. The number of methoxy groups -OCH3 is 3. The number of cyclic esters (lactones) is 1. The fraction of sp³-hybridized carbons (Fsp3) is 0.750. The van der Waals surface area contributed by atoms with Crippen LogP contribution in [0.5, 0.6) is 0 Å². The number of allylic oxidation sites excluding steroid dienone is 6. The first-order valence-electron chi connectivity index (χ1n) is 29.3. The molecule has 17 heteroatoms. The molecule has 3 fully saturated rings. The number of hydrogen-bond acceptors (Lipinski definition) is 16. The number of ketones is 3. The van der Waals surface area contributed by atoms with Gasteiger partial charge >= 0.3 is 11.9 Å². The standard InChI is InChI=1S/C56H87NO16/c1-33-17-13-12-14-18-34(2)45(68-9)29-41-22-20-39(7)56(67,73-41)51(63)52(64)57-24-16-15-19-42(57)53(65)71-46(30-43(60)35(3)26-38(6)49(62)50(70-11)48(61)37(5)25-33)36(4)27-40-21-23-44(47(28-40)69-10)72-54(66)55(8,31-58)32-59/h12-14,17-18,26,33,35-37,39-42,44-47,49-50,58-59,62,67H,15-16,19-25,27-32H2,1-11H3/b14-12+,17-13+,34-18+,38-26+/t33-,35-,36-,37-,39-,40+,41+,42+,44-,45+,46+,47-,49-,50+,56-/m1/s1/i8D3,31D2,32D2. The Hall–Kier alpha value is -3.94. The van der Waals surface area contributed by atoms with Crippen LogP contribution >= 0.6 is 0 Å². The average molecular weight is 1040 g/mol. The molecule has 0 spiro atoms. The molecule has 4 aliphatic rings. The molecule has 412 valence electrons. The number of aliphatic hydroxyl groups is 4. The van der Waals surface area contributed by atoms with E-state index in [4.69, 9.17) is 38.0 Å². The van der Waals surface area contributed by atoms with Crippen molar-refractivity contribution in [1.29, 1.82) is 0 Å². The van der Waals surface area contributed by atoms with E-state index in [0.29, 0.717) is 32.1 Å². The molecule has 4 N–H and O–H groups in total. The van der Waals surface area contributed by atoms with Gasteiger partial charge in [0.05, 0.1) is 36.9 Å². The fourth-order valence-electron chi connectivity index (χ4n) is 10.6. The number of ether oxygens (including phenoxy) is 6. The number of amides is 1. The SMILES string of the molecule is [2H]C([2H])([2H])C(C(=O)O[C@@H]1CC[C@@H](C[C@@H](C)[C@@H]2CC(=O)[C@H](C)/C=C(\C)[C@@H](O)[C@@H](OC)C(=O)[C@H](C)C[C@H](C)/C=C/C=C/C=C(\C)[C@@H](OC)C[C@@H]3CC[C@@H](C)[C@@](O)(O3)C(=O)C(=O)N3CCCC[C@H]3C(=O)O2)C[C@H]1OC)(C([2H])([2H])O)C([2H])([2H])O. The first-order chi connectivity index (χ1) is 37.1. The van der Waals surface area contributed by atoms with Crippen molar-refractivity contribution in [2.45, 2.75) is 187 Å². The molecular formula is C56H87NO16. The van der Waals surface area contributed by atoms with Gasteiger partial charge in [0.1, 0.15) is 41.7 Å². The topological polar surface area (TPSA) is 242 Å². The number of fused-ring (bicyclic) bond motifs is 3. The quantitative estimate of drug-likeness (QED) is 0.116. The predicted octanol–water partition coefficient (Wildman–Crippen LogP) is 5.72. The number of carbonyl (C=O) groups is 6. The van der Waals surface area contributed by atoms with Gasteiger partial charge in [0, 0.05) is 62.6 Å². The van der Waals surface area contributed by atoms with E-state index in [9.17, 15) is 49.2 Å². The number of carbonyl (C=O) groups excluding carboxylic acids is 6. The van der Waals surface area contributed by atoms with Gasteiger partial charge in [-0.3, -0.25) is 24.0 Å². The third-order valence-corrected chi connectivity index (χ3v) is 15.4. The van der Waals surface area contributed by atoms with E-state index in [1.807, 2.05) is 44.2 Å². The largest absolute Gasteiger partial charge is 0.460 e. The Kier molecular flexibility index (Phi) is 19.8. The highest BCUT2D eigenvalue weighted by atomic mass is 16.6. The summed E-state index contributed by atoms with van der Waals surface area (Å²) in [6, 6.07) is -1.31. The highest BCUT2D eigenvalue weighted by molar-refractivity contribution is 6.39. The summed E-state index contributed by atoms with van der Waals surface area (Å²) >= 11 is 0. The van der Waals surface area contributed by atoms with Gasteiger partial charge in [-0.15, -0.1) is 0 Å². The monoisotopic (exact) mass is 1040 g/mol. The summed E-state index contributed by atoms with van der Waals surface area (Å²) in [4.78, 5) is 86.2. The number of esters is 2. The lowest BCUT2D eigenvalue weighted by Gasteiger charge is -2.42. The third-order valence-electron chi connectivity index (χ3n) is 15.4. The summed E-state index contributed by atoms with van der Waals surface area (Å²) < 4.78 is 89.7. The average Bonchev–Trinajstić information content (AvgIpc) is 3.36. The Balaban J connectivity index is 1.72. The highest BCUT2D eigenvalue weighted by Crippen LogP contribution is 2.38. The zero-order valence-corrected chi connectivity index (χ0v) is 44.4. The van der Waals surface area contributed by atoms with Gasteiger partial charge < -0.3 is 53.7 Å². The number of Topliss-reactive ketones (excluding diaryl/α,β-unsaturated/α-hetero) is 3. The lowest BCUT2D eigenvalue weighted by molar-refractivity contribution is -0.265. The summed E-state index contributed by atoms with van der Waals surface area (Å²) in [6.07, 6.45) is 5.99. The third kappa shape index (κ3) is 16.0. The molecule has 15 atom stereocenters. The maximum absolute atomic E-state index is 14.6. The van der Waals surface area contributed by atoms with Crippen molar-refractivity contribution in [2.24, 2.45) is 40.9 Å². The predicted molar refractivity (Wildman–Crippen MR) is 271 cm³/mol. The molecule has 1 aliphatic carbocycles. The Morgan fingerprint density at radius 1 is 0.904 bits per heavy atom. The molecule has 0 unspecified atom stereocenters. The van der Waals surface area contributed by atoms with Crippen molar-refractivity contribution in [1.82, 2.24) is 4.90 Å². The second kappa shape index (κ2) is 28.3. The van der Waals surface area contributed by atoms with Gasteiger partial charge in [-0.25, -0.2) is 4.79 Å². The van der Waals surface area contributed by atoms with E-state index >= 15 is 0 Å². The van der Waals surface area contributed by atoms with Crippen LogP contribution in [0, 0.1) is 40.9 Å². The molecule has 0 aromatic rings. The van der Waals surface area contributed by atoms with E-state index in [1.165, 1.54) is 27.4 Å². The fourth-order valence-corrected chi connectivity index (χ4v) is 10.6. The van der Waals surface area contributed by atoms with Crippen LogP contribution in [0.1, 0.15) is 142 Å². The van der Waals surface area contributed by atoms with Crippen molar-refractivity contribution in [3.63, 3.8) is 0 Å². The van der Waals surface area contributed by atoms with Crippen LogP contribution in [0.2, 0.25) is 0 Å². The van der Waals surface area contributed by atoms with Gasteiger partial charge in [0.15, 0.2) is 5.78 Å². The van der Waals surface area contributed by atoms with Crippen LogP contribution in [-0.4, -0.2) is 156 Å². The van der Waals surface area contributed by atoms with Crippen LogP contribution < -0.4 is 0 Å². The maximum Gasteiger partial charge on any atom is 0.329 e. The lowest BCUT2D eigenvalue weighted by Crippen LogP contribution is -2.61. The molecule has 1 amide bonds. The van der Waals surface area contributed by atoms with Crippen molar-refractivity contribution in [3.8, 4) is 0 Å². The first kappa shape index (κ1) is 51.2. The summed E-state index contributed by atoms with van der Waals surface area (Å²) in [5, 5.41) is 44.2. The van der Waals surface area contributed by atoms with Gasteiger partial charge in [-0.05, 0) is 114 Å². The smallest absolute Gasteiger partial charge is 0.329 e. The molecule has 1 saturated carbocycles. The zero-order chi connectivity index (χ0) is 60.5. The zero-order valence-electron chi connectivity index (χ0n) is 51.4. The van der Waals surface area contributed by atoms with Crippen molar-refractivity contribution >= 4 is 35.2 Å². The van der Waals surface area contributed by atoms with Crippen molar-refractivity contribution in [2.75, 3.05) is 41.0 Å². The molecule has 3 heterocycles. The van der Waals surface area contributed by atoms with Crippen LogP contribution in [0.4, 0.5) is 0 Å². The molecule has 73 heavy (non-hydrogen) atoms. The van der Waals surface area contributed by atoms with Crippen molar-refractivity contribution in [3.05, 3.63) is 47.6 Å². The van der Waals surface area contributed by atoms with Crippen LogP contribution in [0.3, 0.4) is 0 Å². The summed E-state index contributed by atoms with van der Waals surface area (Å²) in [5.41, 5.74) is -3.00. The molecule has 4 rings (SSSR count). The van der Waals surface area contributed by atoms with Crippen LogP contribution in [0.25, 0.3) is 0 Å². The second-order valence-electron chi connectivity index (χ2n) is 20.9. The first-order valence-corrected chi connectivity index (χ1v) is 25.8. The maximum atomic E-state index is 14.6. The number of nitrogens with zero attached hydrogens (tertiary/aromatic N) is 1. The number of aliphatic hydroxyl groups excluding tert-OH is 1. The normalized spacial score (nSPS) is 39.4. The van der Waals surface area contributed by atoms with Crippen molar-refractivity contribution < 1.29 is 87.2 Å². The molecule has 2 bridgehead atoms. The molecule has 17 nitrogen and oxygen atoms in total. The van der Waals surface area contributed by atoms with Crippen LogP contribution in [0.15, 0.2) is 47.6 Å². The summed E-state index contributed by atoms with van der Waals surface area (Å²) in [6.45, 7) is -0.202. The van der Waals surface area contributed by atoms with E-state index in [2.05, 4.69) is 0 Å².